The summed E-state index contributed by atoms with van der Waals surface area (Å²) in [6.07, 6.45) is 0.726. The number of hydrogen-bond acceptors (Lipinski definition) is 4. The van der Waals surface area contributed by atoms with Crippen molar-refractivity contribution >= 4 is 11.9 Å². The van der Waals surface area contributed by atoms with Crippen molar-refractivity contribution in [2.45, 2.75) is 13.3 Å². The van der Waals surface area contributed by atoms with Crippen LogP contribution in [0, 0.1) is 6.92 Å². The van der Waals surface area contributed by atoms with E-state index in [0.717, 1.165) is 28.8 Å². The zero-order valence-corrected chi connectivity index (χ0v) is 16.8. The molecular formula is C24H20N4O3. The van der Waals surface area contributed by atoms with Gasteiger partial charge >= 0.3 is 5.97 Å². The van der Waals surface area contributed by atoms with E-state index >= 15 is 0 Å². The van der Waals surface area contributed by atoms with Crippen molar-refractivity contribution in [3.05, 3.63) is 101 Å². The van der Waals surface area contributed by atoms with Crippen LogP contribution >= 0.6 is 0 Å². The molecule has 0 spiro atoms. The molecule has 0 aliphatic heterocycles. The maximum absolute atomic E-state index is 11.5. The highest BCUT2D eigenvalue weighted by Crippen LogP contribution is 2.25. The first kappa shape index (κ1) is 20.0. The van der Waals surface area contributed by atoms with Crippen LogP contribution in [0.3, 0.4) is 0 Å². The molecular weight excluding hydrogens is 392 g/mol. The molecule has 4 aromatic rings. The first-order valence-corrected chi connectivity index (χ1v) is 9.67. The maximum atomic E-state index is 11.5. The van der Waals surface area contributed by atoms with E-state index in [9.17, 15) is 14.7 Å². The van der Waals surface area contributed by atoms with E-state index in [1.165, 1.54) is 0 Å². The topological polar surface area (TPSA) is 111 Å². The molecule has 0 bridgehead atoms. The van der Waals surface area contributed by atoms with E-state index in [-0.39, 0.29) is 11.4 Å². The second kappa shape index (κ2) is 8.23. The summed E-state index contributed by atoms with van der Waals surface area (Å²) >= 11 is 0. The van der Waals surface area contributed by atoms with Crippen LogP contribution in [-0.4, -0.2) is 31.7 Å². The number of nitrogens with two attached hydrogens (primary N) is 1. The molecule has 7 nitrogen and oxygen atoms in total. The molecule has 0 saturated heterocycles. The van der Waals surface area contributed by atoms with E-state index in [2.05, 4.69) is 10.1 Å². The van der Waals surface area contributed by atoms with Crippen molar-refractivity contribution in [2.75, 3.05) is 0 Å². The number of carboxylic acids is 1. The molecule has 0 aliphatic rings. The molecule has 0 saturated carbocycles. The lowest BCUT2D eigenvalue weighted by Gasteiger charge is -2.08. The number of benzene rings is 3. The second-order valence-corrected chi connectivity index (χ2v) is 7.15. The van der Waals surface area contributed by atoms with Gasteiger partial charge in [0.1, 0.15) is 5.82 Å². The van der Waals surface area contributed by atoms with Gasteiger partial charge in [-0.15, -0.1) is 5.10 Å². The fraction of sp³-hybridized carbons (Fsp3) is 0.0833. The number of primary amides is 1. The lowest BCUT2D eigenvalue weighted by molar-refractivity contribution is 0.0697. The molecule has 0 unspecified atom stereocenters. The summed E-state index contributed by atoms with van der Waals surface area (Å²) < 4.78 is 1.58. The summed E-state index contributed by atoms with van der Waals surface area (Å²) in [5.74, 6) is -1.02. The van der Waals surface area contributed by atoms with Gasteiger partial charge < -0.3 is 10.8 Å². The van der Waals surface area contributed by atoms with Crippen molar-refractivity contribution in [3.8, 4) is 16.8 Å². The van der Waals surface area contributed by atoms with Gasteiger partial charge in [0.2, 0.25) is 5.82 Å². The standard InChI is InChI=1S/C24H20N4O3/c1-15-26-23(22(25)29)27-28(15)19-12-8-17(9-13-19)14-16-6-10-18(11-7-16)20-4-2-3-5-21(20)24(30)31/h2-13H,14H2,1H3,(H2,25,29)(H,30,31). The minimum Gasteiger partial charge on any atom is -0.478 e. The number of rotatable bonds is 6. The number of carbonyl (C=O) groups is 2. The zero-order valence-electron chi connectivity index (χ0n) is 16.8. The molecule has 1 amide bonds. The van der Waals surface area contributed by atoms with Crippen molar-refractivity contribution in [1.29, 1.82) is 0 Å². The van der Waals surface area contributed by atoms with Crippen molar-refractivity contribution < 1.29 is 14.7 Å². The molecule has 1 aromatic heterocycles. The summed E-state index contributed by atoms with van der Waals surface area (Å²) in [7, 11) is 0. The van der Waals surface area contributed by atoms with Gasteiger partial charge in [-0.3, -0.25) is 4.79 Å². The average molecular weight is 412 g/mol. The molecule has 3 aromatic carbocycles. The summed E-state index contributed by atoms with van der Waals surface area (Å²) in [4.78, 5) is 26.8. The Morgan fingerprint density at radius 2 is 1.55 bits per heavy atom. The summed E-state index contributed by atoms with van der Waals surface area (Å²) in [6.45, 7) is 1.76. The smallest absolute Gasteiger partial charge is 0.336 e. The Morgan fingerprint density at radius 1 is 0.935 bits per heavy atom. The van der Waals surface area contributed by atoms with Gasteiger partial charge in [0, 0.05) is 0 Å². The highest BCUT2D eigenvalue weighted by atomic mass is 16.4. The molecule has 154 valence electrons. The van der Waals surface area contributed by atoms with Crippen LogP contribution in [0.4, 0.5) is 0 Å². The van der Waals surface area contributed by atoms with E-state index in [4.69, 9.17) is 5.73 Å². The molecule has 7 heteroatoms. The molecule has 0 aliphatic carbocycles. The first-order valence-electron chi connectivity index (χ1n) is 9.67. The van der Waals surface area contributed by atoms with Gasteiger partial charge in [0.25, 0.3) is 5.91 Å². The molecule has 4 rings (SSSR count). The summed E-state index contributed by atoms with van der Waals surface area (Å²) in [5, 5.41) is 13.5. The van der Waals surface area contributed by atoms with Crippen LogP contribution in [0.2, 0.25) is 0 Å². The first-order chi connectivity index (χ1) is 14.9. The number of hydrogen-bond donors (Lipinski definition) is 2. The average Bonchev–Trinajstić information content (AvgIpc) is 3.17. The third kappa shape index (κ3) is 4.20. The zero-order chi connectivity index (χ0) is 22.0. The number of carbonyl (C=O) groups excluding carboxylic acids is 1. The highest BCUT2D eigenvalue weighted by Gasteiger charge is 2.13. The van der Waals surface area contributed by atoms with Crippen LogP contribution < -0.4 is 5.73 Å². The van der Waals surface area contributed by atoms with Gasteiger partial charge in [-0.2, -0.15) is 0 Å². The molecule has 0 fully saturated rings. The lowest BCUT2D eigenvalue weighted by atomic mass is 9.97. The maximum Gasteiger partial charge on any atom is 0.336 e. The monoisotopic (exact) mass is 412 g/mol. The van der Waals surface area contributed by atoms with Crippen LogP contribution in [0.1, 0.15) is 37.9 Å². The Bertz CT molecular complexity index is 1260. The number of carboxylic acid groups (broad SMARTS) is 1. The highest BCUT2D eigenvalue weighted by molar-refractivity contribution is 5.96. The quantitative estimate of drug-likeness (QED) is 0.502. The van der Waals surface area contributed by atoms with E-state index in [1.807, 2.05) is 60.7 Å². The summed E-state index contributed by atoms with van der Waals surface area (Å²) in [5.41, 5.74) is 10.1. The largest absolute Gasteiger partial charge is 0.478 e. The predicted molar refractivity (Wildman–Crippen MR) is 116 cm³/mol. The van der Waals surface area contributed by atoms with E-state index in [0.29, 0.717) is 11.4 Å². The molecule has 0 atom stereocenters. The molecule has 3 N–H and O–H groups in total. The van der Waals surface area contributed by atoms with Crippen molar-refractivity contribution in [2.24, 2.45) is 5.73 Å². The second-order valence-electron chi connectivity index (χ2n) is 7.15. The van der Waals surface area contributed by atoms with Gasteiger partial charge in [-0.1, -0.05) is 54.6 Å². The van der Waals surface area contributed by atoms with Crippen molar-refractivity contribution in [1.82, 2.24) is 14.8 Å². The summed E-state index contributed by atoms with van der Waals surface area (Å²) in [6, 6.07) is 22.7. The fourth-order valence-electron chi connectivity index (χ4n) is 3.45. The predicted octanol–water partition coefficient (Wildman–Crippen LogP) is 3.63. The number of aromatic nitrogens is 3. The van der Waals surface area contributed by atoms with Crippen LogP contribution in [0.25, 0.3) is 16.8 Å². The van der Waals surface area contributed by atoms with E-state index in [1.54, 1.807) is 23.7 Å². The number of aryl methyl sites for hydroxylation is 1. The Balaban J connectivity index is 1.52. The van der Waals surface area contributed by atoms with Crippen LogP contribution in [0.5, 0.6) is 0 Å². The number of amides is 1. The van der Waals surface area contributed by atoms with Crippen LogP contribution in [-0.2, 0) is 6.42 Å². The van der Waals surface area contributed by atoms with Crippen molar-refractivity contribution in [3.63, 3.8) is 0 Å². The molecule has 0 radical (unpaired) electrons. The Morgan fingerprint density at radius 3 is 2.13 bits per heavy atom. The Labute approximate surface area is 178 Å². The minimum atomic E-state index is -0.940. The van der Waals surface area contributed by atoms with E-state index < -0.39 is 11.9 Å². The number of aromatic carboxylic acids is 1. The Kier molecular flexibility index (Phi) is 5.32. The normalized spacial score (nSPS) is 10.7. The van der Waals surface area contributed by atoms with Gasteiger partial charge in [-0.25, -0.2) is 14.5 Å². The molecule has 31 heavy (non-hydrogen) atoms. The lowest BCUT2D eigenvalue weighted by Crippen LogP contribution is -2.13. The number of nitrogens with zero attached hydrogens (tertiary/aromatic N) is 3. The van der Waals surface area contributed by atoms with Gasteiger partial charge in [0.05, 0.1) is 11.3 Å². The Hall–Kier alpha value is -4.26. The third-order valence-electron chi connectivity index (χ3n) is 5.00. The minimum absolute atomic E-state index is 0.00821. The van der Waals surface area contributed by atoms with Gasteiger partial charge in [0.15, 0.2) is 0 Å². The van der Waals surface area contributed by atoms with Gasteiger partial charge in [-0.05, 0) is 53.8 Å². The third-order valence-corrected chi connectivity index (χ3v) is 5.00. The fourth-order valence-corrected chi connectivity index (χ4v) is 3.45. The molecule has 1 heterocycles. The van der Waals surface area contributed by atoms with Crippen LogP contribution in [0.15, 0.2) is 72.8 Å². The SMILES string of the molecule is Cc1nc(C(N)=O)nn1-c1ccc(Cc2ccc(-c3ccccc3C(=O)O)cc2)cc1.